The fraction of sp³-hybridized carbons (Fsp3) is 0.185. The summed E-state index contributed by atoms with van der Waals surface area (Å²) < 4.78 is 5.72. The number of nitrogens with zero attached hydrogens (tertiary/aromatic N) is 2. The van der Waals surface area contributed by atoms with Crippen LogP contribution in [0.3, 0.4) is 0 Å². The van der Waals surface area contributed by atoms with E-state index in [1.807, 2.05) is 54.6 Å². The zero-order valence-corrected chi connectivity index (χ0v) is 20.7. The molecule has 0 saturated carbocycles. The first-order valence-electron chi connectivity index (χ1n) is 11.1. The van der Waals surface area contributed by atoms with E-state index >= 15 is 0 Å². The van der Waals surface area contributed by atoms with Crippen LogP contribution in [0.5, 0.6) is 5.75 Å². The zero-order chi connectivity index (χ0) is 24.5. The third-order valence-corrected chi connectivity index (χ3v) is 6.60. The SMILES string of the molecule is CON(C)c1c(NC(=O)[C@H]2CCOc3ccccc32)cnc2c(-c3cc(Cl)cc(Cl)c3)cccc12. The van der Waals surface area contributed by atoms with Gasteiger partial charge in [0.1, 0.15) is 5.75 Å². The minimum Gasteiger partial charge on any atom is -0.493 e. The van der Waals surface area contributed by atoms with Crippen molar-refractivity contribution in [2.45, 2.75) is 12.3 Å². The number of anilines is 2. The Morgan fingerprint density at radius 2 is 1.89 bits per heavy atom. The molecule has 0 unspecified atom stereocenters. The minimum absolute atomic E-state index is 0.120. The van der Waals surface area contributed by atoms with Crippen LogP contribution in [-0.4, -0.2) is 31.7 Å². The van der Waals surface area contributed by atoms with E-state index < -0.39 is 0 Å². The van der Waals surface area contributed by atoms with Crippen LogP contribution in [0.4, 0.5) is 11.4 Å². The highest BCUT2D eigenvalue weighted by Gasteiger charge is 2.28. The van der Waals surface area contributed by atoms with Crippen LogP contribution in [0.15, 0.2) is 66.9 Å². The standard InChI is InChI=1S/C27H23Cl2N3O3/c1-32(34-2)26-22-8-5-7-19(16-12-17(28)14-18(29)13-16)25(22)30-15-23(26)31-27(33)21-10-11-35-24-9-4-3-6-20(21)24/h3-9,12-15,21H,10-11H2,1-2H3,(H,31,33)/t21-/m0/s1. The molecule has 0 fully saturated rings. The van der Waals surface area contributed by atoms with Crippen LogP contribution < -0.4 is 15.1 Å². The first-order valence-corrected chi connectivity index (χ1v) is 11.9. The van der Waals surface area contributed by atoms with Gasteiger partial charge >= 0.3 is 0 Å². The second-order valence-electron chi connectivity index (χ2n) is 8.28. The van der Waals surface area contributed by atoms with Crippen molar-refractivity contribution in [3.05, 3.63) is 82.5 Å². The number of benzene rings is 3. The summed E-state index contributed by atoms with van der Waals surface area (Å²) in [4.78, 5) is 23.7. The highest BCUT2D eigenvalue weighted by atomic mass is 35.5. The highest BCUT2D eigenvalue weighted by Crippen LogP contribution is 2.40. The Morgan fingerprint density at radius 1 is 1.11 bits per heavy atom. The number of carbonyl (C=O) groups is 1. The molecule has 8 heteroatoms. The number of pyridine rings is 1. The molecule has 0 bridgehead atoms. The number of para-hydroxylation sites is 2. The number of carbonyl (C=O) groups excluding carboxylic acids is 1. The molecule has 35 heavy (non-hydrogen) atoms. The van der Waals surface area contributed by atoms with Crippen LogP contribution in [0.1, 0.15) is 17.9 Å². The number of halogens is 2. The van der Waals surface area contributed by atoms with Crippen LogP contribution in [0.25, 0.3) is 22.0 Å². The highest BCUT2D eigenvalue weighted by molar-refractivity contribution is 6.35. The first-order chi connectivity index (χ1) is 17.0. The number of amides is 1. The molecule has 1 N–H and O–H groups in total. The lowest BCUT2D eigenvalue weighted by atomic mass is 9.92. The summed E-state index contributed by atoms with van der Waals surface area (Å²) in [6, 6.07) is 18.9. The molecule has 6 nitrogen and oxygen atoms in total. The lowest BCUT2D eigenvalue weighted by Crippen LogP contribution is -2.27. The van der Waals surface area contributed by atoms with Gasteiger partial charge in [-0.25, -0.2) is 0 Å². The van der Waals surface area contributed by atoms with Crippen molar-refractivity contribution in [3.8, 4) is 16.9 Å². The number of nitrogens with one attached hydrogen (secondary N) is 1. The average molecular weight is 508 g/mol. The number of rotatable bonds is 5. The molecule has 3 aromatic carbocycles. The molecule has 1 atom stereocenters. The van der Waals surface area contributed by atoms with Crippen molar-refractivity contribution >= 4 is 51.4 Å². The van der Waals surface area contributed by atoms with Gasteiger partial charge in [-0.15, -0.1) is 0 Å². The van der Waals surface area contributed by atoms with E-state index in [0.717, 1.165) is 33.3 Å². The van der Waals surface area contributed by atoms with Gasteiger partial charge in [0.05, 0.1) is 42.7 Å². The van der Waals surface area contributed by atoms with Gasteiger partial charge in [0.2, 0.25) is 5.91 Å². The van der Waals surface area contributed by atoms with Crippen LogP contribution in [0.2, 0.25) is 10.0 Å². The Labute approximate surface area is 213 Å². The fourth-order valence-corrected chi connectivity index (χ4v) is 5.03. The smallest absolute Gasteiger partial charge is 0.232 e. The number of ether oxygens (including phenoxy) is 1. The van der Waals surface area contributed by atoms with Crippen molar-refractivity contribution in [2.24, 2.45) is 0 Å². The maximum Gasteiger partial charge on any atom is 0.232 e. The Hall–Kier alpha value is -3.32. The van der Waals surface area contributed by atoms with E-state index in [1.165, 1.54) is 0 Å². The van der Waals surface area contributed by atoms with Gasteiger partial charge in [-0.05, 0) is 36.2 Å². The predicted octanol–water partition coefficient (Wildman–Crippen LogP) is 6.71. The third-order valence-electron chi connectivity index (χ3n) is 6.16. The fourth-order valence-electron chi connectivity index (χ4n) is 4.51. The summed E-state index contributed by atoms with van der Waals surface area (Å²) in [6.07, 6.45) is 2.25. The number of aromatic nitrogens is 1. The van der Waals surface area contributed by atoms with Crippen LogP contribution >= 0.6 is 23.2 Å². The van der Waals surface area contributed by atoms with E-state index in [1.54, 1.807) is 31.5 Å². The number of hydrogen-bond donors (Lipinski definition) is 1. The largest absolute Gasteiger partial charge is 0.493 e. The molecule has 1 amide bonds. The van der Waals surface area contributed by atoms with Gasteiger partial charge in [0.15, 0.2) is 0 Å². The Kier molecular flexibility index (Phi) is 6.52. The first kappa shape index (κ1) is 23.4. The van der Waals surface area contributed by atoms with Gasteiger partial charge in [0.25, 0.3) is 0 Å². The van der Waals surface area contributed by atoms with Gasteiger partial charge in [-0.2, -0.15) is 0 Å². The van der Waals surface area contributed by atoms with E-state index in [0.29, 0.717) is 34.4 Å². The minimum atomic E-state index is -0.323. The van der Waals surface area contributed by atoms with Crippen molar-refractivity contribution in [1.82, 2.24) is 4.98 Å². The average Bonchev–Trinajstić information content (AvgIpc) is 2.86. The molecule has 0 spiro atoms. The van der Waals surface area contributed by atoms with Crippen LogP contribution in [-0.2, 0) is 9.63 Å². The summed E-state index contributed by atoms with van der Waals surface area (Å²) in [5.74, 6) is 0.302. The molecule has 0 aliphatic carbocycles. The Balaban J connectivity index is 1.59. The summed E-state index contributed by atoms with van der Waals surface area (Å²) in [5.41, 5.74) is 4.58. The number of hydrogen-bond acceptors (Lipinski definition) is 5. The van der Waals surface area contributed by atoms with E-state index in [-0.39, 0.29) is 11.8 Å². The quantitative estimate of drug-likeness (QED) is 0.304. The molecule has 178 valence electrons. The van der Waals surface area contributed by atoms with Crippen LogP contribution in [0, 0.1) is 0 Å². The normalized spacial score (nSPS) is 14.8. The van der Waals surface area contributed by atoms with Crippen molar-refractivity contribution in [3.63, 3.8) is 0 Å². The Bertz CT molecular complexity index is 1410. The molecule has 1 aromatic heterocycles. The third kappa shape index (κ3) is 4.52. The van der Waals surface area contributed by atoms with Gasteiger partial charge in [-0.3, -0.25) is 19.7 Å². The maximum absolute atomic E-state index is 13.4. The molecule has 2 heterocycles. The van der Waals surface area contributed by atoms with Gasteiger partial charge < -0.3 is 10.1 Å². The van der Waals surface area contributed by atoms with E-state index in [9.17, 15) is 4.79 Å². The lowest BCUT2D eigenvalue weighted by Gasteiger charge is -2.27. The summed E-state index contributed by atoms with van der Waals surface area (Å²) in [5, 5.41) is 6.60. The van der Waals surface area contributed by atoms with E-state index in [4.69, 9.17) is 37.8 Å². The molecule has 0 saturated heterocycles. The van der Waals surface area contributed by atoms with Crippen molar-refractivity contribution in [2.75, 3.05) is 31.1 Å². The topological polar surface area (TPSA) is 63.7 Å². The number of fused-ring (bicyclic) bond motifs is 2. The van der Waals surface area contributed by atoms with E-state index in [2.05, 4.69) is 5.32 Å². The molecule has 5 rings (SSSR count). The molecular weight excluding hydrogens is 485 g/mol. The van der Waals surface area contributed by atoms with Crippen molar-refractivity contribution < 1.29 is 14.4 Å². The van der Waals surface area contributed by atoms with Gasteiger partial charge in [-0.1, -0.05) is 59.6 Å². The lowest BCUT2D eigenvalue weighted by molar-refractivity contribution is -0.118. The molecule has 1 aliphatic heterocycles. The molecule has 0 radical (unpaired) electrons. The second kappa shape index (κ2) is 9.74. The Morgan fingerprint density at radius 3 is 2.66 bits per heavy atom. The van der Waals surface area contributed by atoms with Crippen molar-refractivity contribution in [1.29, 1.82) is 0 Å². The molecule has 1 aliphatic rings. The summed E-state index contributed by atoms with van der Waals surface area (Å²) in [6.45, 7) is 0.488. The predicted molar refractivity (Wildman–Crippen MR) is 141 cm³/mol. The summed E-state index contributed by atoms with van der Waals surface area (Å²) in [7, 11) is 3.37. The number of hydroxylamine groups is 1. The maximum atomic E-state index is 13.4. The second-order valence-corrected chi connectivity index (χ2v) is 9.15. The zero-order valence-electron chi connectivity index (χ0n) is 19.2. The van der Waals surface area contributed by atoms with Gasteiger partial charge in [0, 0.05) is 33.6 Å². The molecular formula is C27H23Cl2N3O3. The monoisotopic (exact) mass is 507 g/mol. The molecule has 4 aromatic rings. The summed E-state index contributed by atoms with van der Waals surface area (Å²) >= 11 is 12.5.